The summed E-state index contributed by atoms with van der Waals surface area (Å²) in [6.07, 6.45) is 0. The summed E-state index contributed by atoms with van der Waals surface area (Å²) in [6, 6.07) is 17.4. The van der Waals surface area contributed by atoms with E-state index in [1.165, 1.54) is 17.3 Å². The molecule has 104 valence electrons. The number of amides is 1. The minimum absolute atomic E-state index is 0.412. The fourth-order valence-electron chi connectivity index (χ4n) is 1.93. The summed E-state index contributed by atoms with van der Waals surface area (Å²) in [6.45, 7) is 2.03. The molecule has 1 atom stereocenters. The monoisotopic (exact) mass is 286 g/mol. The van der Waals surface area contributed by atoms with Gasteiger partial charge in [-0.25, -0.2) is 0 Å². The average molecular weight is 286 g/mol. The molecule has 0 fully saturated rings. The van der Waals surface area contributed by atoms with Gasteiger partial charge >= 0.3 is 0 Å². The van der Waals surface area contributed by atoms with Crippen LogP contribution in [-0.4, -0.2) is 11.7 Å². The van der Waals surface area contributed by atoms with Gasteiger partial charge in [-0.1, -0.05) is 48.0 Å². The van der Waals surface area contributed by atoms with Crippen LogP contribution in [0.25, 0.3) is 0 Å². The molecule has 0 bridgehead atoms. The van der Waals surface area contributed by atoms with Crippen LogP contribution in [0, 0.1) is 6.92 Å². The van der Waals surface area contributed by atoms with Gasteiger partial charge in [0, 0.05) is 10.6 Å². The third-order valence-electron chi connectivity index (χ3n) is 3.18. The molecule has 2 rings (SSSR count). The fraction of sp³-hybridized carbons (Fsp3) is 0.188. The SMILES string of the molecule is Cc1cccc(SCC(N)(C(N)=O)c2ccccc2)c1. The van der Waals surface area contributed by atoms with Gasteiger partial charge < -0.3 is 11.5 Å². The number of primary amides is 1. The van der Waals surface area contributed by atoms with Crippen LogP contribution in [0.3, 0.4) is 0 Å². The van der Waals surface area contributed by atoms with Crippen molar-refractivity contribution in [3.63, 3.8) is 0 Å². The highest BCUT2D eigenvalue weighted by atomic mass is 32.2. The minimum atomic E-state index is -1.16. The third-order valence-corrected chi connectivity index (χ3v) is 4.37. The number of thioether (sulfide) groups is 1. The molecule has 0 heterocycles. The Hall–Kier alpha value is -1.78. The Morgan fingerprint density at radius 1 is 1.15 bits per heavy atom. The van der Waals surface area contributed by atoms with Crippen molar-refractivity contribution in [2.45, 2.75) is 17.4 Å². The molecule has 0 aliphatic heterocycles. The Morgan fingerprint density at radius 3 is 2.45 bits per heavy atom. The van der Waals surface area contributed by atoms with Crippen molar-refractivity contribution < 1.29 is 4.79 Å². The van der Waals surface area contributed by atoms with E-state index in [1.54, 1.807) is 0 Å². The Labute approximate surface area is 123 Å². The first-order valence-electron chi connectivity index (χ1n) is 6.36. The van der Waals surface area contributed by atoms with Gasteiger partial charge in [-0.2, -0.15) is 0 Å². The summed E-state index contributed by atoms with van der Waals surface area (Å²) in [4.78, 5) is 12.9. The summed E-state index contributed by atoms with van der Waals surface area (Å²) in [5, 5.41) is 0. The Kier molecular flexibility index (Phi) is 4.47. The second kappa shape index (κ2) is 6.11. The lowest BCUT2D eigenvalue weighted by molar-refractivity contribution is -0.122. The van der Waals surface area contributed by atoms with Gasteiger partial charge in [-0.05, 0) is 24.6 Å². The van der Waals surface area contributed by atoms with E-state index in [1.807, 2.05) is 55.5 Å². The predicted octanol–water partition coefficient (Wildman–Crippen LogP) is 2.43. The molecule has 4 heteroatoms. The van der Waals surface area contributed by atoms with Crippen LogP contribution in [0.15, 0.2) is 59.5 Å². The third kappa shape index (κ3) is 3.21. The first-order chi connectivity index (χ1) is 9.52. The molecule has 0 aromatic heterocycles. The number of hydrogen-bond acceptors (Lipinski definition) is 3. The molecule has 20 heavy (non-hydrogen) atoms. The van der Waals surface area contributed by atoms with Crippen LogP contribution in [0.4, 0.5) is 0 Å². The summed E-state index contributed by atoms with van der Waals surface area (Å²) in [5.74, 6) is -0.0978. The van der Waals surface area contributed by atoms with E-state index in [9.17, 15) is 4.79 Å². The molecule has 2 aromatic rings. The van der Waals surface area contributed by atoms with Crippen molar-refractivity contribution in [1.29, 1.82) is 0 Å². The summed E-state index contributed by atoms with van der Waals surface area (Å²) >= 11 is 1.54. The lowest BCUT2D eigenvalue weighted by Crippen LogP contribution is -2.51. The number of carbonyl (C=O) groups excluding carboxylic acids is 1. The zero-order chi connectivity index (χ0) is 14.6. The number of nitrogens with two attached hydrogens (primary N) is 2. The van der Waals surface area contributed by atoms with Crippen molar-refractivity contribution >= 4 is 17.7 Å². The van der Waals surface area contributed by atoms with Gasteiger partial charge in [0.25, 0.3) is 0 Å². The van der Waals surface area contributed by atoms with Crippen molar-refractivity contribution in [3.8, 4) is 0 Å². The highest BCUT2D eigenvalue weighted by Crippen LogP contribution is 2.28. The van der Waals surface area contributed by atoms with Crippen LogP contribution in [-0.2, 0) is 10.3 Å². The zero-order valence-electron chi connectivity index (χ0n) is 11.4. The summed E-state index contributed by atoms with van der Waals surface area (Å²) < 4.78 is 0. The van der Waals surface area contributed by atoms with Crippen LogP contribution < -0.4 is 11.5 Å². The summed E-state index contributed by atoms with van der Waals surface area (Å²) in [7, 11) is 0. The normalized spacial score (nSPS) is 13.7. The molecule has 0 aliphatic carbocycles. The maximum absolute atomic E-state index is 11.8. The topological polar surface area (TPSA) is 69.1 Å². The first kappa shape index (κ1) is 14.6. The van der Waals surface area contributed by atoms with Crippen LogP contribution in [0.5, 0.6) is 0 Å². The molecule has 0 radical (unpaired) electrons. The molecule has 0 saturated carbocycles. The molecular weight excluding hydrogens is 268 g/mol. The lowest BCUT2D eigenvalue weighted by Gasteiger charge is -2.26. The van der Waals surface area contributed by atoms with Gasteiger partial charge in [-0.3, -0.25) is 4.79 Å². The van der Waals surface area contributed by atoms with Gasteiger partial charge in [0.2, 0.25) is 5.91 Å². The van der Waals surface area contributed by atoms with Crippen molar-refractivity contribution in [3.05, 3.63) is 65.7 Å². The molecule has 4 N–H and O–H groups in total. The largest absolute Gasteiger partial charge is 0.368 e. The van der Waals surface area contributed by atoms with Gasteiger partial charge in [0.1, 0.15) is 5.54 Å². The molecule has 1 unspecified atom stereocenters. The molecule has 2 aromatic carbocycles. The van der Waals surface area contributed by atoms with Crippen LogP contribution in [0.2, 0.25) is 0 Å². The lowest BCUT2D eigenvalue weighted by atomic mass is 9.92. The quantitative estimate of drug-likeness (QED) is 0.829. The predicted molar refractivity (Wildman–Crippen MR) is 83.4 cm³/mol. The first-order valence-corrected chi connectivity index (χ1v) is 7.35. The van der Waals surface area contributed by atoms with E-state index in [-0.39, 0.29) is 0 Å². The molecular formula is C16H18N2OS. The standard InChI is InChI=1S/C16H18N2OS/c1-12-6-5-9-14(10-12)20-11-16(18,15(17)19)13-7-3-2-4-8-13/h2-10H,11,18H2,1H3,(H2,17,19). The van der Waals surface area contributed by atoms with Crippen molar-refractivity contribution in [2.24, 2.45) is 11.5 Å². The Balaban J connectivity index is 2.20. The number of hydrogen-bond donors (Lipinski definition) is 2. The van der Waals surface area contributed by atoms with E-state index in [0.29, 0.717) is 5.75 Å². The maximum Gasteiger partial charge on any atom is 0.243 e. The maximum atomic E-state index is 11.8. The molecule has 0 saturated heterocycles. The highest BCUT2D eigenvalue weighted by Gasteiger charge is 2.34. The molecule has 3 nitrogen and oxygen atoms in total. The smallest absolute Gasteiger partial charge is 0.243 e. The Bertz CT molecular complexity index is 600. The van der Waals surface area contributed by atoms with E-state index in [0.717, 1.165) is 10.5 Å². The minimum Gasteiger partial charge on any atom is -0.368 e. The second-order valence-corrected chi connectivity index (χ2v) is 5.86. The van der Waals surface area contributed by atoms with Crippen molar-refractivity contribution in [2.75, 3.05) is 5.75 Å². The highest BCUT2D eigenvalue weighted by molar-refractivity contribution is 7.99. The average Bonchev–Trinajstić information content (AvgIpc) is 2.45. The molecule has 0 aliphatic rings. The van der Waals surface area contributed by atoms with Gasteiger partial charge in [0.05, 0.1) is 0 Å². The number of benzene rings is 2. The van der Waals surface area contributed by atoms with Gasteiger partial charge in [0.15, 0.2) is 0 Å². The fourth-order valence-corrected chi connectivity index (χ4v) is 3.08. The molecule has 0 spiro atoms. The van der Waals surface area contributed by atoms with Crippen LogP contribution in [0.1, 0.15) is 11.1 Å². The van der Waals surface area contributed by atoms with Gasteiger partial charge in [-0.15, -0.1) is 11.8 Å². The Morgan fingerprint density at radius 2 is 1.85 bits per heavy atom. The number of rotatable bonds is 5. The zero-order valence-corrected chi connectivity index (χ0v) is 12.2. The number of carbonyl (C=O) groups is 1. The van der Waals surface area contributed by atoms with E-state index in [4.69, 9.17) is 11.5 Å². The van der Waals surface area contributed by atoms with E-state index >= 15 is 0 Å². The number of aryl methyl sites for hydroxylation is 1. The molecule has 1 amide bonds. The van der Waals surface area contributed by atoms with E-state index < -0.39 is 11.4 Å². The second-order valence-electron chi connectivity index (χ2n) is 4.81. The van der Waals surface area contributed by atoms with E-state index in [2.05, 4.69) is 6.07 Å². The van der Waals surface area contributed by atoms with Crippen LogP contribution >= 0.6 is 11.8 Å². The van der Waals surface area contributed by atoms with Crippen molar-refractivity contribution in [1.82, 2.24) is 0 Å². The summed E-state index contributed by atoms with van der Waals surface area (Å²) in [5.41, 5.74) is 12.5.